The number of hydrogen-bond acceptors (Lipinski definition) is 6. The molecular weight excluding hydrogens is 408 g/mol. The third-order valence-corrected chi connectivity index (χ3v) is 4.76. The lowest BCUT2D eigenvalue weighted by atomic mass is 10.0. The van der Waals surface area contributed by atoms with E-state index in [0.717, 1.165) is 5.69 Å². The summed E-state index contributed by atoms with van der Waals surface area (Å²) in [5.74, 6) is -0.536. The molecule has 2 heterocycles. The zero-order valence-corrected chi connectivity index (χ0v) is 17.1. The number of carbonyl (C=O) groups is 1. The molecule has 8 nitrogen and oxygen atoms in total. The van der Waals surface area contributed by atoms with Gasteiger partial charge in [-0.25, -0.2) is 9.48 Å². The molecule has 0 saturated carbocycles. The van der Waals surface area contributed by atoms with Crippen molar-refractivity contribution in [3.05, 3.63) is 107 Å². The van der Waals surface area contributed by atoms with E-state index in [1.54, 1.807) is 53.5 Å². The molecule has 0 aliphatic carbocycles. The number of nitro groups is 1. The number of ether oxygens (including phenoxy) is 1. The third kappa shape index (κ3) is 4.29. The maximum atomic E-state index is 12.5. The van der Waals surface area contributed by atoms with Crippen molar-refractivity contribution < 1.29 is 14.5 Å². The number of esters is 1. The molecule has 0 fully saturated rings. The maximum Gasteiger partial charge on any atom is 0.340 e. The van der Waals surface area contributed by atoms with E-state index in [4.69, 9.17) is 4.74 Å². The van der Waals surface area contributed by atoms with Crippen molar-refractivity contribution in [1.82, 2.24) is 14.8 Å². The molecule has 0 N–H and O–H groups in total. The zero-order valence-electron chi connectivity index (χ0n) is 17.1. The molecule has 4 aromatic rings. The molecule has 0 aliphatic rings. The number of nitro benzene ring substituents is 1. The van der Waals surface area contributed by atoms with Crippen LogP contribution in [0.5, 0.6) is 0 Å². The summed E-state index contributed by atoms with van der Waals surface area (Å²) in [6.45, 7) is 0. The summed E-state index contributed by atoms with van der Waals surface area (Å²) in [6.07, 6.45) is 5.05. The molecular formula is C24H18N4O4. The van der Waals surface area contributed by atoms with Gasteiger partial charge in [-0.2, -0.15) is 5.10 Å². The lowest BCUT2D eigenvalue weighted by Gasteiger charge is -2.05. The van der Waals surface area contributed by atoms with Gasteiger partial charge in [0.15, 0.2) is 0 Å². The summed E-state index contributed by atoms with van der Waals surface area (Å²) in [5, 5.41) is 15.7. The van der Waals surface area contributed by atoms with Crippen molar-refractivity contribution in [2.75, 3.05) is 7.11 Å². The van der Waals surface area contributed by atoms with Gasteiger partial charge in [-0.3, -0.25) is 15.1 Å². The van der Waals surface area contributed by atoms with Gasteiger partial charge in [0.2, 0.25) is 0 Å². The number of rotatable bonds is 6. The van der Waals surface area contributed by atoms with E-state index in [9.17, 15) is 14.9 Å². The van der Waals surface area contributed by atoms with E-state index in [0.29, 0.717) is 22.5 Å². The van der Waals surface area contributed by atoms with Crippen LogP contribution in [0.1, 0.15) is 11.3 Å². The summed E-state index contributed by atoms with van der Waals surface area (Å²) in [4.78, 5) is 27.4. The standard InChI is InChI=1S/C24H18N4O4/c1-32-24(29)21(22-9-5-6-14-25-22)15-18-16-27(19-7-3-2-4-8-19)26-23(18)17-10-12-20(13-11-17)28(30)31/h2-16H,1H3/b21-15-. The maximum absolute atomic E-state index is 12.5. The third-order valence-electron chi connectivity index (χ3n) is 4.76. The van der Waals surface area contributed by atoms with Gasteiger partial charge in [0, 0.05) is 35.7 Å². The summed E-state index contributed by atoms with van der Waals surface area (Å²) < 4.78 is 6.66. The van der Waals surface area contributed by atoms with Gasteiger partial charge in [-0.15, -0.1) is 0 Å². The van der Waals surface area contributed by atoms with Gasteiger partial charge in [0.25, 0.3) is 5.69 Å². The van der Waals surface area contributed by atoms with Crippen LogP contribution in [0.4, 0.5) is 5.69 Å². The van der Waals surface area contributed by atoms with Gasteiger partial charge in [-0.1, -0.05) is 24.3 Å². The van der Waals surface area contributed by atoms with Crippen LogP contribution in [0.15, 0.2) is 85.2 Å². The fraction of sp³-hybridized carbons (Fsp3) is 0.0417. The second-order valence-electron chi connectivity index (χ2n) is 6.78. The van der Waals surface area contributed by atoms with Crippen molar-refractivity contribution in [1.29, 1.82) is 0 Å². The SMILES string of the molecule is COC(=O)/C(=C\c1cn(-c2ccccc2)nc1-c1ccc([N+](=O)[O-])cc1)c1ccccn1. The number of benzene rings is 2. The van der Waals surface area contributed by atoms with Crippen molar-refractivity contribution in [2.24, 2.45) is 0 Å². The molecule has 0 saturated heterocycles. The minimum absolute atomic E-state index is 0.0166. The fourth-order valence-corrected chi connectivity index (χ4v) is 3.20. The second kappa shape index (κ2) is 9.05. The quantitative estimate of drug-likeness (QED) is 0.194. The van der Waals surface area contributed by atoms with Crippen LogP contribution in [0.25, 0.3) is 28.6 Å². The predicted octanol–water partition coefficient (Wildman–Crippen LogP) is 4.56. The molecule has 158 valence electrons. The number of methoxy groups -OCH3 is 1. The Balaban J connectivity index is 1.89. The Labute approximate surface area is 183 Å². The molecule has 32 heavy (non-hydrogen) atoms. The minimum Gasteiger partial charge on any atom is -0.465 e. The number of hydrogen-bond donors (Lipinski definition) is 0. The molecule has 0 aliphatic heterocycles. The van der Waals surface area contributed by atoms with E-state index in [2.05, 4.69) is 10.1 Å². The minimum atomic E-state index is -0.536. The van der Waals surface area contributed by atoms with Crippen LogP contribution in [0.3, 0.4) is 0 Å². The van der Waals surface area contributed by atoms with Crippen molar-refractivity contribution in [3.63, 3.8) is 0 Å². The summed E-state index contributed by atoms with van der Waals surface area (Å²) in [7, 11) is 1.31. The average molecular weight is 426 g/mol. The van der Waals surface area contributed by atoms with E-state index < -0.39 is 10.9 Å². The largest absolute Gasteiger partial charge is 0.465 e. The van der Waals surface area contributed by atoms with Crippen molar-refractivity contribution in [3.8, 4) is 16.9 Å². The van der Waals surface area contributed by atoms with Crippen LogP contribution in [0.2, 0.25) is 0 Å². The van der Waals surface area contributed by atoms with Gasteiger partial charge in [0.05, 0.1) is 34.7 Å². The Bertz CT molecular complexity index is 1280. The highest BCUT2D eigenvalue weighted by Crippen LogP contribution is 2.29. The first-order valence-electron chi connectivity index (χ1n) is 9.68. The van der Waals surface area contributed by atoms with Gasteiger partial charge in [-0.05, 0) is 42.5 Å². The monoisotopic (exact) mass is 426 g/mol. The highest BCUT2D eigenvalue weighted by Gasteiger charge is 2.18. The lowest BCUT2D eigenvalue weighted by Crippen LogP contribution is -2.05. The number of pyridine rings is 1. The average Bonchev–Trinajstić information content (AvgIpc) is 3.27. The molecule has 0 spiro atoms. The summed E-state index contributed by atoms with van der Waals surface area (Å²) in [6, 6.07) is 20.9. The van der Waals surface area contributed by atoms with Crippen LogP contribution in [-0.2, 0) is 9.53 Å². The van der Waals surface area contributed by atoms with Crippen molar-refractivity contribution >= 4 is 23.3 Å². The Morgan fingerprint density at radius 1 is 1.03 bits per heavy atom. The Morgan fingerprint density at radius 2 is 1.75 bits per heavy atom. The first-order chi connectivity index (χ1) is 15.6. The number of para-hydroxylation sites is 1. The van der Waals surface area contributed by atoms with E-state index in [-0.39, 0.29) is 11.3 Å². The molecule has 0 radical (unpaired) electrons. The summed E-state index contributed by atoms with van der Waals surface area (Å²) >= 11 is 0. The first-order valence-corrected chi connectivity index (χ1v) is 9.68. The predicted molar refractivity (Wildman–Crippen MR) is 120 cm³/mol. The number of non-ortho nitro benzene ring substituents is 1. The molecule has 8 heteroatoms. The van der Waals surface area contributed by atoms with Crippen LogP contribution in [0, 0.1) is 10.1 Å². The molecule has 0 amide bonds. The number of nitrogens with zero attached hydrogens (tertiary/aromatic N) is 4. The molecule has 0 atom stereocenters. The van der Waals surface area contributed by atoms with E-state index >= 15 is 0 Å². The molecule has 4 rings (SSSR count). The Hall–Kier alpha value is -4.59. The smallest absolute Gasteiger partial charge is 0.340 e. The van der Waals surface area contributed by atoms with Crippen LogP contribution in [-0.4, -0.2) is 32.8 Å². The fourth-order valence-electron chi connectivity index (χ4n) is 3.20. The van der Waals surface area contributed by atoms with Crippen LogP contribution >= 0.6 is 0 Å². The van der Waals surface area contributed by atoms with E-state index in [1.807, 2.05) is 30.3 Å². The molecule has 2 aromatic heterocycles. The van der Waals surface area contributed by atoms with Crippen molar-refractivity contribution in [2.45, 2.75) is 0 Å². The normalized spacial score (nSPS) is 11.2. The Morgan fingerprint density at radius 3 is 2.38 bits per heavy atom. The highest BCUT2D eigenvalue weighted by molar-refractivity contribution is 6.21. The lowest BCUT2D eigenvalue weighted by molar-refractivity contribution is -0.384. The first kappa shape index (κ1) is 20.7. The Kier molecular flexibility index (Phi) is 5.85. The number of aromatic nitrogens is 3. The van der Waals surface area contributed by atoms with Gasteiger partial charge in [0.1, 0.15) is 0 Å². The molecule has 2 aromatic carbocycles. The summed E-state index contributed by atoms with van der Waals surface area (Å²) in [5.41, 5.74) is 3.40. The van der Waals surface area contributed by atoms with Gasteiger partial charge < -0.3 is 4.74 Å². The topological polar surface area (TPSA) is 100 Å². The van der Waals surface area contributed by atoms with Gasteiger partial charge >= 0.3 is 5.97 Å². The van der Waals surface area contributed by atoms with E-state index in [1.165, 1.54) is 19.2 Å². The van der Waals surface area contributed by atoms with Crippen LogP contribution < -0.4 is 0 Å². The number of carbonyl (C=O) groups excluding carboxylic acids is 1. The zero-order chi connectivity index (χ0) is 22.5. The second-order valence-corrected chi connectivity index (χ2v) is 6.78. The highest BCUT2D eigenvalue weighted by atomic mass is 16.6. The molecule has 0 unspecified atom stereocenters. The molecule has 0 bridgehead atoms.